The summed E-state index contributed by atoms with van der Waals surface area (Å²) in [5.41, 5.74) is 5.83. The predicted octanol–water partition coefficient (Wildman–Crippen LogP) is 0.740. The third kappa shape index (κ3) is 3.04. The van der Waals surface area contributed by atoms with E-state index in [2.05, 4.69) is 15.4 Å². The topological polar surface area (TPSA) is 85.8 Å². The number of nitrogens with one attached hydrogen (secondary N) is 1. The van der Waals surface area contributed by atoms with Crippen LogP contribution in [0.5, 0.6) is 0 Å². The van der Waals surface area contributed by atoms with Crippen LogP contribution in [0.25, 0.3) is 0 Å². The molecule has 3 N–H and O–H groups in total. The summed E-state index contributed by atoms with van der Waals surface area (Å²) in [5.74, 6) is -0.211. The zero-order valence-corrected chi connectivity index (χ0v) is 10.1. The van der Waals surface area contributed by atoms with E-state index in [1.807, 2.05) is 19.2 Å². The van der Waals surface area contributed by atoms with Crippen LogP contribution in [0.4, 0.5) is 5.13 Å². The second-order valence-electron chi connectivity index (χ2n) is 3.67. The molecule has 0 spiro atoms. The molecular weight excluding hydrogens is 238 g/mol. The SMILES string of the molecule is CC(Cn1cccn1)NC(=O)c1csc(N)n1. The normalized spacial score (nSPS) is 12.3. The highest BCUT2D eigenvalue weighted by Gasteiger charge is 2.12. The molecule has 1 amide bonds. The number of aromatic nitrogens is 3. The van der Waals surface area contributed by atoms with E-state index < -0.39 is 0 Å². The fourth-order valence-electron chi connectivity index (χ4n) is 1.42. The molecule has 2 heterocycles. The van der Waals surface area contributed by atoms with Crippen LogP contribution < -0.4 is 11.1 Å². The van der Waals surface area contributed by atoms with E-state index in [4.69, 9.17) is 5.73 Å². The van der Waals surface area contributed by atoms with E-state index >= 15 is 0 Å². The van der Waals surface area contributed by atoms with Crippen molar-refractivity contribution in [1.29, 1.82) is 0 Å². The number of rotatable bonds is 4. The Morgan fingerprint density at radius 1 is 1.71 bits per heavy atom. The number of carbonyl (C=O) groups excluding carboxylic acids is 1. The van der Waals surface area contributed by atoms with Gasteiger partial charge >= 0.3 is 0 Å². The third-order valence-electron chi connectivity index (χ3n) is 2.15. The maximum Gasteiger partial charge on any atom is 0.271 e. The van der Waals surface area contributed by atoms with E-state index in [0.29, 0.717) is 17.4 Å². The van der Waals surface area contributed by atoms with Gasteiger partial charge in [-0.05, 0) is 13.0 Å². The molecule has 2 aromatic rings. The number of anilines is 1. The largest absolute Gasteiger partial charge is 0.375 e. The van der Waals surface area contributed by atoms with Crippen molar-refractivity contribution in [3.05, 3.63) is 29.5 Å². The Morgan fingerprint density at radius 3 is 3.12 bits per heavy atom. The summed E-state index contributed by atoms with van der Waals surface area (Å²) >= 11 is 1.25. The number of nitrogen functional groups attached to an aromatic ring is 1. The second-order valence-corrected chi connectivity index (χ2v) is 4.56. The molecule has 0 aliphatic rings. The predicted molar refractivity (Wildman–Crippen MR) is 65.7 cm³/mol. The summed E-state index contributed by atoms with van der Waals surface area (Å²) in [6.07, 6.45) is 3.55. The van der Waals surface area contributed by atoms with Gasteiger partial charge in [-0.1, -0.05) is 0 Å². The minimum Gasteiger partial charge on any atom is -0.375 e. The van der Waals surface area contributed by atoms with Crippen LogP contribution in [0, 0.1) is 0 Å². The van der Waals surface area contributed by atoms with Crippen LogP contribution in [0.3, 0.4) is 0 Å². The number of thiazole rings is 1. The minimum absolute atomic E-state index is 0.0228. The van der Waals surface area contributed by atoms with Crippen molar-refractivity contribution in [3.63, 3.8) is 0 Å². The molecule has 0 bridgehead atoms. The highest BCUT2D eigenvalue weighted by molar-refractivity contribution is 7.13. The number of hydrogen-bond donors (Lipinski definition) is 2. The molecule has 0 aromatic carbocycles. The summed E-state index contributed by atoms with van der Waals surface area (Å²) in [6, 6.07) is 1.82. The molecular formula is C10H13N5OS. The van der Waals surface area contributed by atoms with Gasteiger partial charge in [-0.15, -0.1) is 11.3 Å². The molecule has 1 atom stereocenters. The summed E-state index contributed by atoms with van der Waals surface area (Å²) in [4.78, 5) is 15.7. The van der Waals surface area contributed by atoms with Crippen molar-refractivity contribution in [2.75, 3.05) is 5.73 Å². The van der Waals surface area contributed by atoms with Gasteiger partial charge in [-0.3, -0.25) is 9.48 Å². The van der Waals surface area contributed by atoms with Crippen molar-refractivity contribution >= 4 is 22.4 Å². The van der Waals surface area contributed by atoms with Crippen molar-refractivity contribution in [2.45, 2.75) is 19.5 Å². The number of nitrogens with zero attached hydrogens (tertiary/aromatic N) is 3. The molecule has 0 fully saturated rings. The quantitative estimate of drug-likeness (QED) is 0.839. The lowest BCUT2D eigenvalue weighted by Gasteiger charge is -2.12. The van der Waals surface area contributed by atoms with Gasteiger partial charge < -0.3 is 11.1 Å². The fourth-order valence-corrected chi connectivity index (χ4v) is 1.97. The first-order valence-electron chi connectivity index (χ1n) is 5.14. The maximum absolute atomic E-state index is 11.7. The molecule has 17 heavy (non-hydrogen) atoms. The van der Waals surface area contributed by atoms with Crippen LogP contribution >= 0.6 is 11.3 Å². The van der Waals surface area contributed by atoms with E-state index in [9.17, 15) is 4.79 Å². The Hall–Kier alpha value is -1.89. The summed E-state index contributed by atoms with van der Waals surface area (Å²) in [5, 5.41) is 8.95. The van der Waals surface area contributed by atoms with Gasteiger partial charge in [0.15, 0.2) is 5.13 Å². The summed E-state index contributed by atoms with van der Waals surface area (Å²) in [7, 11) is 0. The lowest BCUT2D eigenvalue weighted by atomic mass is 10.3. The Kier molecular flexibility index (Phi) is 3.38. The molecule has 0 radical (unpaired) electrons. The number of nitrogens with two attached hydrogens (primary N) is 1. The maximum atomic E-state index is 11.7. The first-order valence-corrected chi connectivity index (χ1v) is 6.02. The van der Waals surface area contributed by atoms with Gasteiger partial charge in [0.1, 0.15) is 5.69 Å². The van der Waals surface area contributed by atoms with Gasteiger partial charge in [-0.25, -0.2) is 4.98 Å². The zero-order chi connectivity index (χ0) is 12.3. The highest BCUT2D eigenvalue weighted by atomic mass is 32.1. The molecule has 0 aliphatic heterocycles. The fraction of sp³-hybridized carbons (Fsp3) is 0.300. The molecule has 0 aliphatic carbocycles. The van der Waals surface area contributed by atoms with Crippen molar-refractivity contribution in [3.8, 4) is 0 Å². The molecule has 7 heteroatoms. The molecule has 2 aromatic heterocycles. The average Bonchev–Trinajstić information content (AvgIpc) is 2.89. The first kappa shape index (κ1) is 11.6. The molecule has 0 saturated heterocycles. The molecule has 0 saturated carbocycles. The highest BCUT2D eigenvalue weighted by Crippen LogP contribution is 2.10. The molecule has 2 rings (SSSR count). The van der Waals surface area contributed by atoms with Gasteiger partial charge in [0.2, 0.25) is 0 Å². The smallest absolute Gasteiger partial charge is 0.271 e. The van der Waals surface area contributed by atoms with Crippen LogP contribution in [-0.4, -0.2) is 26.7 Å². The summed E-state index contributed by atoms with van der Waals surface area (Å²) < 4.78 is 1.76. The standard InChI is InChI=1S/C10H13N5OS/c1-7(5-15-4-2-3-12-15)13-9(16)8-6-17-10(11)14-8/h2-4,6-7H,5H2,1H3,(H2,11,14)(H,13,16). The third-order valence-corrected chi connectivity index (χ3v) is 2.83. The van der Waals surface area contributed by atoms with E-state index in [1.165, 1.54) is 11.3 Å². The van der Waals surface area contributed by atoms with Crippen LogP contribution in [0.2, 0.25) is 0 Å². The molecule has 6 nitrogen and oxygen atoms in total. The Labute approximate surface area is 102 Å². The van der Waals surface area contributed by atoms with Gasteiger partial charge in [0, 0.05) is 23.8 Å². The van der Waals surface area contributed by atoms with E-state index in [-0.39, 0.29) is 11.9 Å². The number of amides is 1. The van der Waals surface area contributed by atoms with Crippen LogP contribution in [0.15, 0.2) is 23.8 Å². The summed E-state index contributed by atoms with van der Waals surface area (Å²) in [6.45, 7) is 2.54. The number of hydrogen-bond acceptors (Lipinski definition) is 5. The lowest BCUT2D eigenvalue weighted by molar-refractivity contribution is 0.0932. The van der Waals surface area contributed by atoms with Gasteiger partial charge in [-0.2, -0.15) is 5.10 Å². The van der Waals surface area contributed by atoms with E-state index in [1.54, 1.807) is 16.3 Å². The number of carbonyl (C=O) groups is 1. The second kappa shape index (κ2) is 4.96. The van der Waals surface area contributed by atoms with Crippen molar-refractivity contribution in [2.24, 2.45) is 0 Å². The zero-order valence-electron chi connectivity index (χ0n) is 9.33. The minimum atomic E-state index is -0.211. The van der Waals surface area contributed by atoms with Crippen molar-refractivity contribution < 1.29 is 4.79 Å². The van der Waals surface area contributed by atoms with Crippen LogP contribution in [-0.2, 0) is 6.54 Å². The van der Waals surface area contributed by atoms with Crippen molar-refractivity contribution in [1.82, 2.24) is 20.1 Å². The molecule has 90 valence electrons. The average molecular weight is 251 g/mol. The Morgan fingerprint density at radius 2 is 2.53 bits per heavy atom. The van der Waals surface area contributed by atoms with E-state index in [0.717, 1.165) is 0 Å². The Bertz CT molecular complexity index is 493. The van der Waals surface area contributed by atoms with Crippen LogP contribution in [0.1, 0.15) is 17.4 Å². The van der Waals surface area contributed by atoms with Gasteiger partial charge in [0.25, 0.3) is 5.91 Å². The Balaban J connectivity index is 1.90. The monoisotopic (exact) mass is 251 g/mol. The lowest BCUT2D eigenvalue weighted by Crippen LogP contribution is -2.36. The first-order chi connectivity index (χ1) is 8.15. The molecule has 1 unspecified atom stereocenters. The van der Waals surface area contributed by atoms with Gasteiger partial charge in [0.05, 0.1) is 6.54 Å².